The maximum Gasteiger partial charge on any atom is 0.275 e. The molecule has 0 spiro atoms. The van der Waals surface area contributed by atoms with Crippen LogP contribution in [0.25, 0.3) is 10.2 Å². The number of aryl methyl sites for hydroxylation is 2. The summed E-state index contributed by atoms with van der Waals surface area (Å²) in [6, 6.07) is 10.3. The number of nitrogens with zero attached hydrogens (tertiary/aromatic N) is 2. The molecule has 1 aliphatic carbocycles. The molecule has 6 heteroatoms. The summed E-state index contributed by atoms with van der Waals surface area (Å²) in [4.78, 5) is 29.8. The lowest BCUT2D eigenvalue weighted by atomic mass is 9.90. The molecule has 1 aromatic carbocycles. The molecule has 1 saturated carbocycles. The quantitative estimate of drug-likeness (QED) is 0.520. The molecule has 5 nitrogen and oxygen atoms in total. The number of nitrogens with one attached hydrogen (secondary N) is 1. The van der Waals surface area contributed by atoms with E-state index in [0.717, 1.165) is 52.7 Å². The van der Waals surface area contributed by atoms with Crippen molar-refractivity contribution in [2.45, 2.75) is 83.8 Å². The second-order valence-electron chi connectivity index (χ2n) is 10.0. The van der Waals surface area contributed by atoms with E-state index in [0.29, 0.717) is 12.2 Å². The Morgan fingerprint density at radius 3 is 2.55 bits per heavy atom. The minimum atomic E-state index is -1.01. The maximum absolute atomic E-state index is 14.0. The van der Waals surface area contributed by atoms with Crippen molar-refractivity contribution in [1.82, 2.24) is 9.88 Å². The lowest BCUT2D eigenvalue weighted by molar-refractivity contribution is -0.127. The zero-order valence-electron chi connectivity index (χ0n) is 19.8. The number of fused-ring (bicyclic) bond motifs is 3. The van der Waals surface area contributed by atoms with Crippen LogP contribution in [0.2, 0.25) is 0 Å². The van der Waals surface area contributed by atoms with Crippen molar-refractivity contribution < 1.29 is 9.59 Å². The van der Waals surface area contributed by atoms with Gasteiger partial charge < -0.3 is 9.88 Å². The highest BCUT2D eigenvalue weighted by molar-refractivity contribution is 7.17. The molecule has 3 aromatic rings. The highest BCUT2D eigenvalue weighted by Crippen LogP contribution is 2.38. The molecular weight excluding hydrogens is 430 g/mol. The van der Waals surface area contributed by atoms with Crippen LogP contribution in [0.1, 0.15) is 73.5 Å². The summed E-state index contributed by atoms with van der Waals surface area (Å²) < 4.78 is 3.14. The summed E-state index contributed by atoms with van der Waals surface area (Å²) in [6.07, 6.45) is 8.10. The van der Waals surface area contributed by atoms with Crippen LogP contribution in [0.3, 0.4) is 0 Å². The van der Waals surface area contributed by atoms with Crippen LogP contribution >= 0.6 is 11.3 Å². The molecule has 0 unspecified atom stereocenters. The van der Waals surface area contributed by atoms with Crippen LogP contribution in [-0.2, 0) is 11.3 Å². The van der Waals surface area contributed by atoms with E-state index in [4.69, 9.17) is 0 Å². The summed E-state index contributed by atoms with van der Waals surface area (Å²) in [5.74, 6) is -0.154. The predicted octanol–water partition coefficient (Wildman–Crippen LogP) is 5.97. The molecular formula is C27H33N3O2S. The van der Waals surface area contributed by atoms with E-state index in [1.165, 1.54) is 19.3 Å². The minimum absolute atomic E-state index is 0.0509. The van der Waals surface area contributed by atoms with Gasteiger partial charge in [-0.3, -0.25) is 14.5 Å². The Kier molecular flexibility index (Phi) is 5.81. The highest BCUT2D eigenvalue weighted by Gasteiger charge is 2.49. The molecule has 0 bridgehead atoms. The molecule has 2 amide bonds. The van der Waals surface area contributed by atoms with Crippen molar-refractivity contribution >= 4 is 39.1 Å². The molecule has 3 heterocycles. The van der Waals surface area contributed by atoms with E-state index in [2.05, 4.69) is 17.4 Å². The standard InChI is InChI=1S/C27H33N3O2S/c1-18-11-12-19(2)22(15-18)30-25(31)23-16-24-21(13-14-33-24)29(23)17-27(30,3)26(32)28-20-9-7-5-4-6-8-10-20/h11-16,20H,4-10,17H2,1-3H3,(H,28,32)/t27-/m1/s1. The van der Waals surface area contributed by atoms with Gasteiger partial charge in [-0.2, -0.15) is 0 Å². The van der Waals surface area contributed by atoms with Gasteiger partial charge in [0.1, 0.15) is 11.2 Å². The van der Waals surface area contributed by atoms with Gasteiger partial charge in [-0.25, -0.2) is 0 Å². The van der Waals surface area contributed by atoms with Gasteiger partial charge in [0.15, 0.2) is 0 Å². The SMILES string of the molecule is Cc1ccc(C)c(N2C(=O)c3cc4sccc4n3C[C@]2(C)C(=O)NC2CCCCCCC2)c1. The third kappa shape index (κ3) is 3.88. The zero-order valence-corrected chi connectivity index (χ0v) is 20.6. The van der Waals surface area contributed by atoms with Crippen LogP contribution < -0.4 is 10.2 Å². The molecule has 1 N–H and O–H groups in total. The van der Waals surface area contributed by atoms with Crippen LogP contribution in [0.5, 0.6) is 0 Å². The highest BCUT2D eigenvalue weighted by atomic mass is 32.1. The van der Waals surface area contributed by atoms with Crippen molar-refractivity contribution in [3.63, 3.8) is 0 Å². The Morgan fingerprint density at radius 1 is 1.06 bits per heavy atom. The third-order valence-electron chi connectivity index (χ3n) is 7.44. The molecule has 1 aliphatic heterocycles. The average molecular weight is 464 g/mol. The van der Waals surface area contributed by atoms with Crippen molar-refractivity contribution in [3.05, 3.63) is 52.5 Å². The molecule has 0 radical (unpaired) electrons. The van der Waals surface area contributed by atoms with Crippen LogP contribution in [0.15, 0.2) is 35.7 Å². The molecule has 33 heavy (non-hydrogen) atoms. The Bertz CT molecular complexity index is 1200. The van der Waals surface area contributed by atoms with Crippen molar-refractivity contribution in [2.24, 2.45) is 0 Å². The number of amides is 2. The molecule has 2 aliphatic rings. The van der Waals surface area contributed by atoms with E-state index >= 15 is 0 Å². The number of carbonyl (C=O) groups excluding carboxylic acids is 2. The largest absolute Gasteiger partial charge is 0.351 e. The summed E-state index contributed by atoms with van der Waals surface area (Å²) in [6.45, 7) is 6.43. The van der Waals surface area contributed by atoms with Crippen molar-refractivity contribution in [3.8, 4) is 0 Å². The molecule has 5 rings (SSSR count). The first-order chi connectivity index (χ1) is 15.9. The van der Waals surface area contributed by atoms with Gasteiger partial charge in [-0.15, -0.1) is 11.3 Å². The van der Waals surface area contributed by atoms with Gasteiger partial charge >= 0.3 is 0 Å². The number of rotatable bonds is 3. The van der Waals surface area contributed by atoms with Gasteiger partial charge in [-0.1, -0.05) is 44.2 Å². The molecule has 1 atom stereocenters. The molecule has 2 aromatic heterocycles. The lowest BCUT2D eigenvalue weighted by Gasteiger charge is -2.45. The Balaban J connectivity index is 1.58. The van der Waals surface area contributed by atoms with Gasteiger partial charge in [0.2, 0.25) is 5.91 Å². The third-order valence-corrected chi connectivity index (χ3v) is 8.29. The fourth-order valence-corrected chi connectivity index (χ4v) is 6.31. The smallest absolute Gasteiger partial charge is 0.275 e. The van der Waals surface area contributed by atoms with Gasteiger partial charge in [-0.05, 0) is 68.3 Å². The summed E-state index contributed by atoms with van der Waals surface area (Å²) in [5, 5.41) is 5.42. The second kappa shape index (κ2) is 8.64. The number of thiophene rings is 1. The molecule has 174 valence electrons. The van der Waals surface area contributed by atoms with Gasteiger partial charge in [0.25, 0.3) is 5.91 Å². The van der Waals surface area contributed by atoms with Crippen molar-refractivity contribution in [1.29, 1.82) is 0 Å². The van der Waals surface area contributed by atoms with Gasteiger partial charge in [0.05, 0.1) is 16.8 Å². The number of aromatic nitrogens is 1. The average Bonchev–Trinajstić information content (AvgIpc) is 3.35. The fraction of sp³-hybridized carbons (Fsp3) is 0.481. The summed E-state index contributed by atoms with van der Waals surface area (Å²) in [7, 11) is 0. The van der Waals surface area contributed by atoms with Crippen LogP contribution in [0, 0.1) is 13.8 Å². The second-order valence-corrected chi connectivity index (χ2v) is 11.0. The minimum Gasteiger partial charge on any atom is -0.351 e. The first kappa shape index (κ1) is 22.2. The number of carbonyl (C=O) groups is 2. The lowest BCUT2D eigenvalue weighted by Crippen LogP contribution is -2.65. The summed E-state index contributed by atoms with van der Waals surface area (Å²) >= 11 is 1.63. The monoisotopic (exact) mass is 463 g/mol. The first-order valence-corrected chi connectivity index (χ1v) is 13.1. The number of anilines is 1. The van der Waals surface area contributed by atoms with Gasteiger partial charge in [0, 0.05) is 11.7 Å². The van der Waals surface area contributed by atoms with E-state index in [1.54, 1.807) is 16.2 Å². The van der Waals surface area contributed by atoms with E-state index in [9.17, 15) is 9.59 Å². The Hall–Kier alpha value is -2.60. The zero-order chi connectivity index (χ0) is 23.2. The summed E-state index contributed by atoms with van der Waals surface area (Å²) in [5.41, 5.74) is 3.58. The Labute approximate surface area is 199 Å². The topological polar surface area (TPSA) is 54.3 Å². The predicted molar refractivity (Wildman–Crippen MR) is 135 cm³/mol. The van der Waals surface area contributed by atoms with E-state index in [1.807, 2.05) is 48.9 Å². The van der Waals surface area contributed by atoms with E-state index < -0.39 is 5.54 Å². The van der Waals surface area contributed by atoms with Crippen LogP contribution in [-0.4, -0.2) is 28.0 Å². The number of benzene rings is 1. The number of hydrogen-bond donors (Lipinski definition) is 1. The number of hydrogen-bond acceptors (Lipinski definition) is 3. The maximum atomic E-state index is 14.0. The fourth-order valence-electron chi connectivity index (χ4n) is 5.49. The normalized spacial score (nSPS) is 22.2. The van der Waals surface area contributed by atoms with Crippen LogP contribution in [0.4, 0.5) is 5.69 Å². The Morgan fingerprint density at radius 2 is 1.79 bits per heavy atom. The first-order valence-electron chi connectivity index (χ1n) is 12.2. The molecule has 1 fully saturated rings. The van der Waals surface area contributed by atoms with E-state index in [-0.39, 0.29) is 17.9 Å². The molecule has 0 saturated heterocycles. The van der Waals surface area contributed by atoms with Crippen molar-refractivity contribution in [2.75, 3.05) is 4.90 Å².